The van der Waals surface area contributed by atoms with E-state index in [9.17, 15) is 4.79 Å². The van der Waals surface area contributed by atoms with Gasteiger partial charge in [-0.05, 0) is 23.6 Å². The Bertz CT molecular complexity index is 635. The standard InChI is InChI=1S/C16H23N3O/c1-6-14-18-12-9-11(7-8-13(12)19(14)5)15(20)17-10-16(2,3)4/h7-9H,6,10H2,1-5H3,(H,17,20). The largest absolute Gasteiger partial charge is 0.352 e. The maximum atomic E-state index is 12.2. The molecule has 4 heteroatoms. The molecule has 0 aliphatic carbocycles. The highest BCUT2D eigenvalue weighted by Crippen LogP contribution is 2.17. The van der Waals surface area contributed by atoms with E-state index in [2.05, 4.69) is 42.6 Å². The Morgan fingerprint density at radius 1 is 1.35 bits per heavy atom. The topological polar surface area (TPSA) is 46.9 Å². The molecule has 20 heavy (non-hydrogen) atoms. The first kappa shape index (κ1) is 14.6. The van der Waals surface area contributed by atoms with Crippen molar-refractivity contribution in [3.8, 4) is 0 Å². The van der Waals surface area contributed by atoms with Crippen LogP contribution in [0.15, 0.2) is 18.2 Å². The monoisotopic (exact) mass is 273 g/mol. The first-order chi connectivity index (χ1) is 9.31. The summed E-state index contributed by atoms with van der Waals surface area (Å²) in [6.45, 7) is 9.04. The second-order valence-electron chi connectivity index (χ2n) is 6.39. The van der Waals surface area contributed by atoms with Crippen LogP contribution in [0.3, 0.4) is 0 Å². The van der Waals surface area contributed by atoms with Gasteiger partial charge in [0.05, 0.1) is 11.0 Å². The first-order valence-electron chi connectivity index (χ1n) is 7.05. The van der Waals surface area contributed by atoms with E-state index >= 15 is 0 Å². The molecule has 0 aliphatic heterocycles. The summed E-state index contributed by atoms with van der Waals surface area (Å²) in [5.74, 6) is 0.998. The van der Waals surface area contributed by atoms with Crippen LogP contribution in [-0.2, 0) is 13.5 Å². The van der Waals surface area contributed by atoms with Crippen LogP contribution in [-0.4, -0.2) is 22.0 Å². The van der Waals surface area contributed by atoms with Gasteiger partial charge in [0.1, 0.15) is 5.82 Å². The molecule has 0 bridgehead atoms. The minimum Gasteiger partial charge on any atom is -0.352 e. The minimum absolute atomic E-state index is 0.0365. The summed E-state index contributed by atoms with van der Waals surface area (Å²) in [7, 11) is 2.01. The maximum Gasteiger partial charge on any atom is 0.251 e. The molecule has 1 N–H and O–H groups in total. The smallest absolute Gasteiger partial charge is 0.251 e. The third-order valence-electron chi connectivity index (χ3n) is 3.33. The molecule has 1 heterocycles. The number of carbonyl (C=O) groups is 1. The summed E-state index contributed by atoms with van der Waals surface area (Å²) in [4.78, 5) is 16.7. The predicted octanol–water partition coefficient (Wildman–Crippen LogP) is 2.91. The number of amides is 1. The van der Waals surface area contributed by atoms with Crippen LogP contribution >= 0.6 is 0 Å². The number of benzene rings is 1. The number of hydrogen-bond donors (Lipinski definition) is 1. The average molecular weight is 273 g/mol. The lowest BCUT2D eigenvalue weighted by Crippen LogP contribution is -2.32. The highest BCUT2D eigenvalue weighted by atomic mass is 16.1. The van der Waals surface area contributed by atoms with Crippen molar-refractivity contribution in [1.29, 1.82) is 0 Å². The van der Waals surface area contributed by atoms with Crippen molar-refractivity contribution in [3.63, 3.8) is 0 Å². The van der Waals surface area contributed by atoms with Gasteiger partial charge in [-0.25, -0.2) is 4.98 Å². The molecule has 0 saturated heterocycles. The molecule has 0 atom stereocenters. The Balaban J connectivity index is 2.25. The number of nitrogens with zero attached hydrogens (tertiary/aromatic N) is 2. The zero-order valence-electron chi connectivity index (χ0n) is 12.9. The van der Waals surface area contributed by atoms with E-state index in [1.54, 1.807) is 0 Å². The Kier molecular flexibility index (Phi) is 3.84. The van der Waals surface area contributed by atoms with Gasteiger partial charge in [-0.15, -0.1) is 0 Å². The number of hydrogen-bond acceptors (Lipinski definition) is 2. The molecule has 0 unspecified atom stereocenters. The van der Waals surface area contributed by atoms with Gasteiger partial charge < -0.3 is 9.88 Å². The van der Waals surface area contributed by atoms with E-state index in [4.69, 9.17) is 0 Å². The van der Waals surface area contributed by atoms with E-state index in [1.165, 1.54) is 0 Å². The lowest BCUT2D eigenvalue weighted by molar-refractivity contribution is 0.0939. The van der Waals surface area contributed by atoms with Crippen molar-refractivity contribution in [2.75, 3.05) is 6.54 Å². The molecule has 1 aromatic carbocycles. The minimum atomic E-state index is -0.0365. The summed E-state index contributed by atoms with van der Waals surface area (Å²) >= 11 is 0. The summed E-state index contributed by atoms with van der Waals surface area (Å²) in [5.41, 5.74) is 2.70. The van der Waals surface area contributed by atoms with Gasteiger partial charge in [-0.1, -0.05) is 27.7 Å². The first-order valence-corrected chi connectivity index (χ1v) is 7.05. The molecule has 0 fully saturated rings. The summed E-state index contributed by atoms with van der Waals surface area (Å²) in [6.07, 6.45) is 0.886. The SMILES string of the molecule is CCc1nc2cc(C(=O)NCC(C)(C)C)ccc2n1C. The van der Waals surface area contributed by atoms with E-state index in [0.29, 0.717) is 12.1 Å². The van der Waals surface area contributed by atoms with Gasteiger partial charge in [0, 0.05) is 25.6 Å². The van der Waals surface area contributed by atoms with Crippen molar-refractivity contribution in [3.05, 3.63) is 29.6 Å². The number of rotatable bonds is 3. The van der Waals surface area contributed by atoms with Gasteiger partial charge in [-0.2, -0.15) is 0 Å². The zero-order valence-corrected chi connectivity index (χ0v) is 12.9. The van der Waals surface area contributed by atoms with Crippen LogP contribution in [0.2, 0.25) is 0 Å². The number of imidazole rings is 1. The molecule has 1 amide bonds. The van der Waals surface area contributed by atoms with Crippen LogP contribution in [0.4, 0.5) is 0 Å². The van der Waals surface area contributed by atoms with Gasteiger partial charge in [-0.3, -0.25) is 4.79 Å². The van der Waals surface area contributed by atoms with Crippen molar-refractivity contribution in [2.45, 2.75) is 34.1 Å². The van der Waals surface area contributed by atoms with Gasteiger partial charge in [0.25, 0.3) is 5.91 Å². The van der Waals surface area contributed by atoms with Gasteiger partial charge in [0.2, 0.25) is 0 Å². The molecule has 0 aliphatic rings. The fourth-order valence-electron chi connectivity index (χ4n) is 2.15. The molecule has 1 aromatic heterocycles. The number of aromatic nitrogens is 2. The van der Waals surface area contributed by atoms with Crippen molar-refractivity contribution < 1.29 is 4.79 Å². The van der Waals surface area contributed by atoms with E-state index in [-0.39, 0.29) is 11.3 Å². The molecular formula is C16H23N3O. The molecule has 2 aromatic rings. The quantitative estimate of drug-likeness (QED) is 0.934. The van der Waals surface area contributed by atoms with Crippen molar-refractivity contribution >= 4 is 16.9 Å². The van der Waals surface area contributed by atoms with Gasteiger partial charge >= 0.3 is 0 Å². The molecule has 108 valence electrons. The van der Waals surface area contributed by atoms with E-state index < -0.39 is 0 Å². The Morgan fingerprint density at radius 3 is 2.65 bits per heavy atom. The fraction of sp³-hybridized carbons (Fsp3) is 0.500. The van der Waals surface area contributed by atoms with E-state index in [1.807, 2.05) is 25.2 Å². The number of fused-ring (bicyclic) bond motifs is 1. The molecule has 4 nitrogen and oxygen atoms in total. The van der Waals surface area contributed by atoms with Crippen LogP contribution in [0.5, 0.6) is 0 Å². The Morgan fingerprint density at radius 2 is 2.05 bits per heavy atom. The zero-order chi connectivity index (χ0) is 14.9. The summed E-state index contributed by atoms with van der Waals surface area (Å²) in [5, 5.41) is 2.97. The highest BCUT2D eigenvalue weighted by Gasteiger charge is 2.14. The maximum absolute atomic E-state index is 12.2. The summed E-state index contributed by atoms with van der Waals surface area (Å²) < 4.78 is 2.08. The average Bonchev–Trinajstić information content (AvgIpc) is 2.71. The van der Waals surface area contributed by atoms with Crippen LogP contribution < -0.4 is 5.32 Å². The molecule has 0 saturated carbocycles. The van der Waals surface area contributed by atoms with Crippen LogP contribution in [0.25, 0.3) is 11.0 Å². The predicted molar refractivity (Wildman–Crippen MR) is 81.9 cm³/mol. The van der Waals surface area contributed by atoms with Crippen molar-refractivity contribution in [1.82, 2.24) is 14.9 Å². The Labute approximate surface area is 120 Å². The lowest BCUT2D eigenvalue weighted by Gasteiger charge is -2.18. The number of aryl methyl sites for hydroxylation is 2. The molecule has 0 spiro atoms. The van der Waals surface area contributed by atoms with Crippen molar-refractivity contribution in [2.24, 2.45) is 12.5 Å². The second kappa shape index (κ2) is 5.27. The van der Waals surface area contributed by atoms with E-state index in [0.717, 1.165) is 23.3 Å². The third-order valence-corrected chi connectivity index (χ3v) is 3.33. The second-order valence-corrected chi connectivity index (χ2v) is 6.39. The molecular weight excluding hydrogens is 250 g/mol. The molecule has 0 radical (unpaired) electrons. The number of nitrogens with one attached hydrogen (secondary N) is 1. The van der Waals surface area contributed by atoms with Crippen LogP contribution in [0, 0.1) is 5.41 Å². The third kappa shape index (κ3) is 3.00. The summed E-state index contributed by atoms with van der Waals surface area (Å²) in [6, 6.07) is 5.70. The fourth-order valence-corrected chi connectivity index (χ4v) is 2.15. The Hall–Kier alpha value is -1.84. The van der Waals surface area contributed by atoms with Gasteiger partial charge in [0.15, 0.2) is 0 Å². The molecule has 2 rings (SSSR count). The van der Waals surface area contributed by atoms with Crippen LogP contribution in [0.1, 0.15) is 43.9 Å². The lowest BCUT2D eigenvalue weighted by atomic mass is 9.97. The highest BCUT2D eigenvalue weighted by molar-refractivity contribution is 5.97. The normalized spacial score (nSPS) is 11.8. The number of carbonyl (C=O) groups excluding carboxylic acids is 1.